The Labute approximate surface area is 117 Å². The third kappa shape index (κ3) is 5.54. The van der Waals surface area contributed by atoms with Gasteiger partial charge in [-0.25, -0.2) is 21.9 Å². The second kappa shape index (κ2) is 6.17. The zero-order chi connectivity index (χ0) is 15.6. The van der Waals surface area contributed by atoms with Crippen LogP contribution >= 0.6 is 0 Å². The lowest BCUT2D eigenvalue weighted by atomic mass is 10.1. The van der Waals surface area contributed by atoms with E-state index in [9.17, 15) is 17.2 Å². The van der Waals surface area contributed by atoms with Gasteiger partial charge in [0.15, 0.2) is 0 Å². The first kappa shape index (κ1) is 17.0. The third-order valence-corrected chi connectivity index (χ3v) is 4.39. The SMILES string of the molecule is Cc1noc(C)c1CC(C)NS(=O)(=O)CCC(C)(F)F. The molecule has 1 unspecified atom stereocenters. The second-order valence-electron chi connectivity index (χ2n) is 5.16. The van der Waals surface area contributed by atoms with Gasteiger partial charge in [0.2, 0.25) is 15.9 Å². The molecule has 1 atom stereocenters. The summed E-state index contributed by atoms with van der Waals surface area (Å²) in [4.78, 5) is 0. The van der Waals surface area contributed by atoms with Crippen LogP contribution in [-0.2, 0) is 16.4 Å². The fraction of sp³-hybridized carbons (Fsp3) is 0.750. The number of nitrogens with zero attached hydrogens (tertiary/aromatic N) is 1. The standard InChI is InChI=1S/C12H20F2N2O3S/c1-8(7-11-9(2)15-19-10(11)3)16-20(17,18)6-5-12(4,13)14/h8,16H,5-7H2,1-4H3. The summed E-state index contributed by atoms with van der Waals surface area (Å²) >= 11 is 0. The highest BCUT2D eigenvalue weighted by Crippen LogP contribution is 2.18. The van der Waals surface area contributed by atoms with E-state index in [1.54, 1.807) is 20.8 Å². The van der Waals surface area contributed by atoms with Crippen molar-refractivity contribution in [1.82, 2.24) is 9.88 Å². The Morgan fingerprint density at radius 3 is 2.45 bits per heavy atom. The number of sulfonamides is 1. The van der Waals surface area contributed by atoms with E-state index in [-0.39, 0.29) is 0 Å². The smallest absolute Gasteiger partial charge is 0.246 e. The number of hydrogen-bond acceptors (Lipinski definition) is 4. The molecule has 0 aromatic carbocycles. The Hall–Kier alpha value is -1.02. The first-order valence-electron chi connectivity index (χ1n) is 6.30. The van der Waals surface area contributed by atoms with Gasteiger partial charge in [-0.05, 0) is 34.1 Å². The maximum absolute atomic E-state index is 12.7. The lowest BCUT2D eigenvalue weighted by molar-refractivity contribution is 0.0188. The number of aryl methyl sites for hydroxylation is 2. The zero-order valence-electron chi connectivity index (χ0n) is 12.0. The van der Waals surface area contributed by atoms with Crippen molar-refractivity contribution in [2.75, 3.05) is 5.75 Å². The van der Waals surface area contributed by atoms with Gasteiger partial charge >= 0.3 is 0 Å². The molecule has 0 aliphatic heterocycles. The summed E-state index contributed by atoms with van der Waals surface area (Å²) in [5.74, 6) is -2.95. The van der Waals surface area contributed by atoms with Crippen LogP contribution in [0.1, 0.15) is 37.3 Å². The molecule has 0 saturated carbocycles. The number of halogens is 2. The molecule has 8 heteroatoms. The van der Waals surface area contributed by atoms with Gasteiger partial charge in [0.1, 0.15) is 5.76 Å². The summed E-state index contributed by atoms with van der Waals surface area (Å²) in [7, 11) is -3.72. The van der Waals surface area contributed by atoms with Crippen LogP contribution in [-0.4, -0.2) is 31.3 Å². The molecule has 20 heavy (non-hydrogen) atoms. The molecule has 5 nitrogen and oxygen atoms in total. The molecular formula is C12H20F2N2O3S. The van der Waals surface area contributed by atoms with E-state index < -0.39 is 34.2 Å². The lowest BCUT2D eigenvalue weighted by Crippen LogP contribution is -2.37. The normalized spacial score (nSPS) is 14.5. The van der Waals surface area contributed by atoms with Gasteiger partial charge in [0.05, 0.1) is 11.4 Å². The number of aromatic nitrogens is 1. The van der Waals surface area contributed by atoms with Gasteiger partial charge in [-0.3, -0.25) is 0 Å². The van der Waals surface area contributed by atoms with Gasteiger partial charge in [0, 0.05) is 18.0 Å². The fourth-order valence-electron chi connectivity index (χ4n) is 1.82. The van der Waals surface area contributed by atoms with Crippen LogP contribution in [0.4, 0.5) is 8.78 Å². The number of hydrogen-bond donors (Lipinski definition) is 1. The quantitative estimate of drug-likeness (QED) is 0.838. The van der Waals surface area contributed by atoms with E-state index in [0.717, 1.165) is 5.56 Å². The van der Waals surface area contributed by atoms with Crippen molar-refractivity contribution < 1.29 is 21.7 Å². The summed E-state index contributed by atoms with van der Waals surface area (Å²) in [5.41, 5.74) is 1.54. The highest BCUT2D eigenvalue weighted by atomic mass is 32.2. The van der Waals surface area contributed by atoms with Crippen LogP contribution in [0.25, 0.3) is 0 Å². The number of rotatable bonds is 7. The molecule has 0 saturated heterocycles. The lowest BCUT2D eigenvalue weighted by Gasteiger charge is -2.15. The van der Waals surface area contributed by atoms with Gasteiger partial charge in [0.25, 0.3) is 0 Å². The summed E-state index contributed by atoms with van der Waals surface area (Å²) < 4.78 is 56.2. The molecule has 0 bridgehead atoms. The minimum atomic E-state index is -3.72. The molecule has 1 aromatic heterocycles. The van der Waals surface area contributed by atoms with Crippen molar-refractivity contribution in [2.45, 2.75) is 52.5 Å². The van der Waals surface area contributed by atoms with Crippen LogP contribution in [0.2, 0.25) is 0 Å². The highest BCUT2D eigenvalue weighted by molar-refractivity contribution is 7.89. The van der Waals surface area contributed by atoms with Crippen LogP contribution in [0.15, 0.2) is 4.52 Å². The van der Waals surface area contributed by atoms with E-state index in [0.29, 0.717) is 24.8 Å². The fourth-order valence-corrected chi connectivity index (χ4v) is 3.26. The van der Waals surface area contributed by atoms with E-state index in [2.05, 4.69) is 9.88 Å². The van der Waals surface area contributed by atoms with Crippen LogP contribution in [0.3, 0.4) is 0 Å². The molecule has 0 fully saturated rings. The molecule has 0 radical (unpaired) electrons. The summed E-state index contributed by atoms with van der Waals surface area (Å²) in [6, 6.07) is -0.415. The Bertz CT molecular complexity index is 530. The van der Waals surface area contributed by atoms with Crippen LogP contribution < -0.4 is 4.72 Å². The van der Waals surface area contributed by atoms with Crippen molar-refractivity contribution in [3.8, 4) is 0 Å². The predicted octanol–water partition coefficient (Wildman–Crippen LogP) is 2.19. The largest absolute Gasteiger partial charge is 0.361 e. The van der Waals surface area contributed by atoms with Crippen molar-refractivity contribution in [3.05, 3.63) is 17.0 Å². The Balaban J connectivity index is 2.60. The first-order valence-corrected chi connectivity index (χ1v) is 7.95. The van der Waals surface area contributed by atoms with E-state index in [4.69, 9.17) is 4.52 Å². The molecule has 0 aliphatic rings. The van der Waals surface area contributed by atoms with Gasteiger partial charge in [-0.1, -0.05) is 5.16 Å². The first-order chi connectivity index (χ1) is 9.00. The average Bonchev–Trinajstić information content (AvgIpc) is 2.57. The highest BCUT2D eigenvalue weighted by Gasteiger charge is 2.26. The van der Waals surface area contributed by atoms with E-state index in [1.807, 2.05) is 0 Å². The minimum Gasteiger partial charge on any atom is -0.361 e. The predicted molar refractivity (Wildman–Crippen MR) is 71.3 cm³/mol. The number of nitrogens with one attached hydrogen (secondary N) is 1. The minimum absolute atomic E-state index is 0.406. The Kier molecular flexibility index (Phi) is 5.26. The molecule has 1 rings (SSSR count). The summed E-state index contributed by atoms with van der Waals surface area (Å²) in [6.45, 7) is 5.89. The van der Waals surface area contributed by atoms with Crippen molar-refractivity contribution in [3.63, 3.8) is 0 Å². The average molecular weight is 310 g/mol. The monoisotopic (exact) mass is 310 g/mol. The topological polar surface area (TPSA) is 72.2 Å². The van der Waals surface area contributed by atoms with E-state index in [1.165, 1.54) is 0 Å². The second-order valence-corrected chi connectivity index (χ2v) is 7.04. The Morgan fingerprint density at radius 1 is 1.40 bits per heavy atom. The Morgan fingerprint density at radius 2 is 2.00 bits per heavy atom. The molecule has 1 N–H and O–H groups in total. The van der Waals surface area contributed by atoms with Crippen molar-refractivity contribution in [1.29, 1.82) is 0 Å². The van der Waals surface area contributed by atoms with Gasteiger partial charge in [-0.2, -0.15) is 0 Å². The van der Waals surface area contributed by atoms with Crippen molar-refractivity contribution >= 4 is 10.0 Å². The molecular weight excluding hydrogens is 290 g/mol. The molecule has 116 valence electrons. The maximum Gasteiger partial charge on any atom is 0.246 e. The zero-order valence-corrected chi connectivity index (χ0v) is 12.9. The third-order valence-electron chi connectivity index (χ3n) is 2.88. The van der Waals surface area contributed by atoms with Crippen LogP contribution in [0.5, 0.6) is 0 Å². The number of alkyl halides is 2. The molecule has 1 aromatic rings. The van der Waals surface area contributed by atoms with Crippen LogP contribution in [0, 0.1) is 13.8 Å². The summed E-state index contributed by atoms with van der Waals surface area (Å²) in [5, 5.41) is 3.78. The molecule has 1 heterocycles. The van der Waals surface area contributed by atoms with Gasteiger partial charge < -0.3 is 4.52 Å². The van der Waals surface area contributed by atoms with Gasteiger partial charge in [-0.15, -0.1) is 0 Å². The van der Waals surface area contributed by atoms with Crippen molar-refractivity contribution in [2.24, 2.45) is 0 Å². The summed E-state index contributed by atoms with van der Waals surface area (Å²) in [6.07, 6.45) is -0.288. The molecule has 0 aliphatic carbocycles. The molecule has 0 spiro atoms. The molecule has 0 amide bonds. The maximum atomic E-state index is 12.7. The van der Waals surface area contributed by atoms with E-state index >= 15 is 0 Å².